The molecule has 0 aromatic heterocycles. The Balaban J connectivity index is 1.70. The monoisotopic (exact) mass is 371 g/mol. The van der Waals surface area contributed by atoms with E-state index in [0.717, 1.165) is 23.3 Å². The molecule has 140 valence electrons. The normalized spacial score (nSPS) is 15.6. The Morgan fingerprint density at radius 3 is 2.41 bits per heavy atom. The molecule has 0 unspecified atom stereocenters. The van der Waals surface area contributed by atoms with Crippen molar-refractivity contribution in [3.63, 3.8) is 0 Å². The van der Waals surface area contributed by atoms with Gasteiger partial charge in [-0.15, -0.1) is 0 Å². The van der Waals surface area contributed by atoms with Crippen LogP contribution in [0.15, 0.2) is 48.5 Å². The van der Waals surface area contributed by atoms with Gasteiger partial charge in [-0.3, -0.25) is 4.79 Å². The first-order valence-corrected chi connectivity index (χ1v) is 8.36. The van der Waals surface area contributed by atoms with Crippen LogP contribution in [0.5, 0.6) is 0 Å². The molecule has 0 aliphatic carbocycles. The smallest absolute Gasteiger partial charge is 0.338 e. The van der Waals surface area contributed by atoms with E-state index in [9.17, 15) is 18.8 Å². The standard InChI is InChI=1S/C20H18FNO5/c1-26-20(25)17-10-14-4-2-3-5-15(14)11-22(17)18(23)12-27-19(24)13-6-8-16(21)9-7-13/h2-9,17H,10-12H2,1H3/t17-/m1/s1. The van der Waals surface area contributed by atoms with Crippen LogP contribution in [0.1, 0.15) is 21.5 Å². The Morgan fingerprint density at radius 2 is 1.74 bits per heavy atom. The minimum Gasteiger partial charge on any atom is -0.467 e. The van der Waals surface area contributed by atoms with Crippen LogP contribution in [-0.4, -0.2) is 42.5 Å². The summed E-state index contributed by atoms with van der Waals surface area (Å²) in [4.78, 5) is 38.1. The van der Waals surface area contributed by atoms with Gasteiger partial charge in [0.25, 0.3) is 5.91 Å². The topological polar surface area (TPSA) is 72.9 Å². The lowest BCUT2D eigenvalue weighted by Gasteiger charge is -2.35. The first-order valence-electron chi connectivity index (χ1n) is 8.36. The SMILES string of the molecule is COC(=O)[C@H]1Cc2ccccc2CN1C(=O)COC(=O)c1ccc(F)cc1. The van der Waals surface area contributed by atoms with Crippen LogP contribution in [0.4, 0.5) is 4.39 Å². The van der Waals surface area contributed by atoms with Gasteiger partial charge in [0.15, 0.2) is 6.61 Å². The van der Waals surface area contributed by atoms with Crippen molar-refractivity contribution in [2.75, 3.05) is 13.7 Å². The predicted octanol–water partition coefficient (Wildman–Crippen LogP) is 2.11. The van der Waals surface area contributed by atoms with Crippen LogP contribution >= 0.6 is 0 Å². The maximum atomic E-state index is 12.9. The number of ether oxygens (including phenoxy) is 2. The second kappa shape index (κ2) is 7.99. The zero-order valence-corrected chi connectivity index (χ0v) is 14.7. The first-order chi connectivity index (χ1) is 13.0. The van der Waals surface area contributed by atoms with E-state index >= 15 is 0 Å². The van der Waals surface area contributed by atoms with Crippen LogP contribution in [0.2, 0.25) is 0 Å². The molecule has 1 amide bonds. The lowest BCUT2D eigenvalue weighted by atomic mass is 9.94. The van der Waals surface area contributed by atoms with Gasteiger partial charge in [0.1, 0.15) is 11.9 Å². The van der Waals surface area contributed by atoms with Crippen molar-refractivity contribution in [2.24, 2.45) is 0 Å². The average Bonchev–Trinajstić information content (AvgIpc) is 2.70. The molecule has 27 heavy (non-hydrogen) atoms. The molecular formula is C20H18FNO5. The van der Waals surface area contributed by atoms with Gasteiger partial charge in [0.2, 0.25) is 0 Å². The summed E-state index contributed by atoms with van der Waals surface area (Å²) < 4.78 is 22.8. The summed E-state index contributed by atoms with van der Waals surface area (Å²) in [5, 5.41) is 0. The van der Waals surface area contributed by atoms with Gasteiger partial charge < -0.3 is 14.4 Å². The van der Waals surface area contributed by atoms with E-state index in [1.807, 2.05) is 24.3 Å². The number of carbonyl (C=O) groups is 3. The fourth-order valence-electron chi connectivity index (χ4n) is 3.01. The summed E-state index contributed by atoms with van der Waals surface area (Å²) in [6.07, 6.45) is 0.334. The molecule has 7 heteroatoms. The molecule has 0 saturated carbocycles. The van der Waals surface area contributed by atoms with Gasteiger partial charge in [0.05, 0.1) is 12.7 Å². The van der Waals surface area contributed by atoms with Crippen molar-refractivity contribution in [3.8, 4) is 0 Å². The van der Waals surface area contributed by atoms with Crippen LogP contribution < -0.4 is 0 Å². The van der Waals surface area contributed by atoms with E-state index in [0.29, 0.717) is 6.42 Å². The lowest BCUT2D eigenvalue weighted by Crippen LogP contribution is -2.50. The minimum atomic E-state index is -0.776. The van der Waals surface area contributed by atoms with Gasteiger partial charge >= 0.3 is 11.9 Å². The number of rotatable bonds is 4. The van der Waals surface area contributed by atoms with Crippen molar-refractivity contribution in [3.05, 3.63) is 71.0 Å². The van der Waals surface area contributed by atoms with E-state index in [1.54, 1.807) is 0 Å². The molecule has 1 atom stereocenters. The number of methoxy groups -OCH3 is 1. The number of benzene rings is 2. The van der Waals surface area contributed by atoms with Crippen molar-refractivity contribution < 1.29 is 28.2 Å². The second-order valence-electron chi connectivity index (χ2n) is 6.12. The van der Waals surface area contributed by atoms with Crippen LogP contribution in [0.25, 0.3) is 0 Å². The molecule has 0 saturated heterocycles. The van der Waals surface area contributed by atoms with Gasteiger partial charge in [-0.05, 0) is 35.4 Å². The summed E-state index contributed by atoms with van der Waals surface area (Å²) in [6.45, 7) is -0.297. The van der Waals surface area contributed by atoms with E-state index in [2.05, 4.69) is 0 Å². The molecular weight excluding hydrogens is 353 g/mol. The Hall–Kier alpha value is -3.22. The van der Waals surface area contributed by atoms with Crippen LogP contribution in [0, 0.1) is 5.82 Å². The minimum absolute atomic E-state index is 0.137. The van der Waals surface area contributed by atoms with E-state index in [4.69, 9.17) is 9.47 Å². The Bertz CT molecular complexity index is 865. The summed E-state index contributed by atoms with van der Waals surface area (Å²) in [5.74, 6) is -2.25. The van der Waals surface area contributed by atoms with E-state index in [-0.39, 0.29) is 12.1 Å². The highest BCUT2D eigenvalue weighted by Gasteiger charge is 2.35. The summed E-state index contributed by atoms with van der Waals surface area (Å²) in [5.41, 5.74) is 2.04. The second-order valence-corrected chi connectivity index (χ2v) is 6.12. The Kier molecular flexibility index (Phi) is 5.49. The number of hydrogen-bond acceptors (Lipinski definition) is 5. The fourth-order valence-corrected chi connectivity index (χ4v) is 3.01. The number of halogens is 1. The Morgan fingerprint density at radius 1 is 1.07 bits per heavy atom. The molecule has 6 nitrogen and oxygen atoms in total. The average molecular weight is 371 g/mol. The molecule has 1 aliphatic rings. The molecule has 0 fully saturated rings. The third-order valence-corrected chi connectivity index (χ3v) is 4.45. The maximum Gasteiger partial charge on any atom is 0.338 e. The highest BCUT2D eigenvalue weighted by molar-refractivity contribution is 5.92. The first kappa shape index (κ1) is 18.6. The third-order valence-electron chi connectivity index (χ3n) is 4.45. The fraction of sp³-hybridized carbons (Fsp3) is 0.250. The number of hydrogen-bond donors (Lipinski definition) is 0. The molecule has 0 radical (unpaired) electrons. The number of nitrogens with zero attached hydrogens (tertiary/aromatic N) is 1. The summed E-state index contributed by atoms with van der Waals surface area (Å²) in [7, 11) is 1.26. The van der Waals surface area contributed by atoms with Crippen molar-refractivity contribution in [1.82, 2.24) is 4.90 Å². The number of fused-ring (bicyclic) bond motifs is 1. The van der Waals surface area contributed by atoms with Crippen molar-refractivity contribution >= 4 is 17.8 Å². The summed E-state index contributed by atoms with van der Waals surface area (Å²) >= 11 is 0. The molecule has 0 spiro atoms. The molecule has 0 N–H and O–H groups in total. The van der Waals surface area contributed by atoms with Crippen molar-refractivity contribution in [1.29, 1.82) is 0 Å². The van der Waals surface area contributed by atoms with Gasteiger partial charge in [-0.2, -0.15) is 0 Å². The maximum absolute atomic E-state index is 12.9. The Labute approximate surface area is 155 Å². The van der Waals surface area contributed by atoms with Gasteiger partial charge in [0, 0.05) is 13.0 Å². The van der Waals surface area contributed by atoms with Crippen LogP contribution in [-0.2, 0) is 32.0 Å². The zero-order chi connectivity index (χ0) is 19.4. The summed E-state index contributed by atoms with van der Waals surface area (Å²) in [6, 6.07) is 11.5. The van der Waals surface area contributed by atoms with Crippen molar-refractivity contribution in [2.45, 2.75) is 19.0 Å². The van der Waals surface area contributed by atoms with E-state index in [1.165, 1.54) is 24.1 Å². The molecule has 3 rings (SSSR count). The molecule has 0 bridgehead atoms. The van der Waals surface area contributed by atoms with E-state index < -0.39 is 36.3 Å². The van der Waals surface area contributed by atoms with Gasteiger partial charge in [-0.25, -0.2) is 14.0 Å². The molecule has 1 aliphatic heterocycles. The predicted molar refractivity (Wildman–Crippen MR) is 93.2 cm³/mol. The van der Waals surface area contributed by atoms with Crippen LogP contribution in [0.3, 0.4) is 0 Å². The largest absolute Gasteiger partial charge is 0.467 e. The number of carbonyl (C=O) groups excluding carboxylic acids is 3. The quantitative estimate of drug-likeness (QED) is 0.770. The zero-order valence-electron chi connectivity index (χ0n) is 14.7. The third kappa shape index (κ3) is 4.13. The lowest BCUT2D eigenvalue weighted by molar-refractivity contribution is -0.155. The molecule has 2 aromatic carbocycles. The number of esters is 2. The molecule has 1 heterocycles. The van der Waals surface area contributed by atoms with Gasteiger partial charge in [-0.1, -0.05) is 24.3 Å². The highest BCUT2D eigenvalue weighted by Crippen LogP contribution is 2.24. The molecule has 2 aromatic rings. The number of amides is 1. The highest BCUT2D eigenvalue weighted by atomic mass is 19.1.